The van der Waals surface area contributed by atoms with E-state index < -0.39 is 0 Å². The molecule has 0 atom stereocenters. The van der Waals surface area contributed by atoms with Crippen LogP contribution >= 0.6 is 11.8 Å². The van der Waals surface area contributed by atoms with Gasteiger partial charge in [0.05, 0.1) is 5.75 Å². The van der Waals surface area contributed by atoms with E-state index >= 15 is 0 Å². The van der Waals surface area contributed by atoms with E-state index in [-0.39, 0.29) is 17.4 Å². The molecule has 0 fully saturated rings. The summed E-state index contributed by atoms with van der Waals surface area (Å²) in [5.41, 5.74) is 3.17. The molecule has 0 saturated carbocycles. The summed E-state index contributed by atoms with van der Waals surface area (Å²) >= 11 is 1.20. The zero-order valence-corrected chi connectivity index (χ0v) is 15.9. The molecule has 1 heterocycles. The predicted molar refractivity (Wildman–Crippen MR) is 105 cm³/mol. The number of nitrogens with one attached hydrogen (secondary N) is 1. The van der Waals surface area contributed by atoms with E-state index in [0.29, 0.717) is 28.8 Å². The minimum Gasteiger partial charge on any atom is -0.411 e. The first-order valence-electron chi connectivity index (χ1n) is 8.52. The Kier molecular flexibility index (Phi) is 6.03. The van der Waals surface area contributed by atoms with Gasteiger partial charge in [-0.1, -0.05) is 36.9 Å². The van der Waals surface area contributed by atoms with Crippen LogP contribution < -0.4 is 5.32 Å². The third kappa shape index (κ3) is 4.83. The number of aryl methyl sites for hydroxylation is 1. The van der Waals surface area contributed by atoms with Gasteiger partial charge in [-0.25, -0.2) is 0 Å². The van der Waals surface area contributed by atoms with Gasteiger partial charge in [0.2, 0.25) is 11.8 Å². The highest BCUT2D eigenvalue weighted by Gasteiger charge is 2.13. The Morgan fingerprint density at radius 3 is 2.52 bits per heavy atom. The van der Waals surface area contributed by atoms with Crippen LogP contribution in [0.1, 0.15) is 29.3 Å². The molecule has 138 valence electrons. The first-order chi connectivity index (χ1) is 13.1. The Morgan fingerprint density at radius 1 is 1.07 bits per heavy atom. The van der Waals surface area contributed by atoms with Gasteiger partial charge in [-0.05, 0) is 42.8 Å². The molecule has 0 unspecified atom stereocenters. The highest BCUT2D eigenvalue weighted by molar-refractivity contribution is 7.99. The van der Waals surface area contributed by atoms with Crippen molar-refractivity contribution in [3.8, 4) is 11.5 Å². The maximum atomic E-state index is 12.3. The number of carbonyl (C=O) groups excluding carboxylic acids is 2. The lowest BCUT2D eigenvalue weighted by Gasteiger charge is -2.04. The van der Waals surface area contributed by atoms with E-state index in [1.54, 1.807) is 31.2 Å². The molecule has 1 amide bonds. The first-order valence-corrected chi connectivity index (χ1v) is 9.51. The number of ketones is 1. The van der Waals surface area contributed by atoms with Gasteiger partial charge in [-0.2, -0.15) is 0 Å². The van der Waals surface area contributed by atoms with Crippen LogP contribution in [-0.4, -0.2) is 27.6 Å². The van der Waals surface area contributed by atoms with E-state index in [1.807, 2.05) is 31.2 Å². The molecule has 0 aliphatic carbocycles. The molecule has 3 aromatic rings. The summed E-state index contributed by atoms with van der Waals surface area (Å²) in [4.78, 5) is 23.7. The maximum Gasteiger partial charge on any atom is 0.277 e. The Bertz CT molecular complexity index is 951. The smallest absolute Gasteiger partial charge is 0.277 e. The molecule has 1 aromatic heterocycles. The number of nitrogens with zero attached hydrogens (tertiary/aromatic N) is 2. The van der Waals surface area contributed by atoms with E-state index in [1.165, 1.54) is 11.8 Å². The number of benzene rings is 2. The Hall–Kier alpha value is -2.93. The van der Waals surface area contributed by atoms with Crippen LogP contribution in [-0.2, 0) is 4.79 Å². The number of amides is 1. The second kappa shape index (κ2) is 8.64. The predicted octanol–water partition coefficient (Wildman–Crippen LogP) is 4.37. The Balaban J connectivity index is 1.59. The number of anilines is 1. The molecule has 0 spiro atoms. The summed E-state index contributed by atoms with van der Waals surface area (Å²) in [7, 11) is 0. The van der Waals surface area contributed by atoms with Crippen LogP contribution in [0.25, 0.3) is 11.5 Å². The molecule has 0 aliphatic rings. The van der Waals surface area contributed by atoms with E-state index in [0.717, 1.165) is 11.1 Å². The van der Waals surface area contributed by atoms with Gasteiger partial charge in [-0.15, -0.1) is 10.2 Å². The van der Waals surface area contributed by atoms with Crippen molar-refractivity contribution in [1.29, 1.82) is 0 Å². The van der Waals surface area contributed by atoms with Crippen LogP contribution in [0.4, 0.5) is 5.69 Å². The molecule has 0 bridgehead atoms. The summed E-state index contributed by atoms with van der Waals surface area (Å²) in [5, 5.41) is 11.2. The lowest BCUT2D eigenvalue weighted by atomic mass is 10.1. The molecule has 7 heteroatoms. The fourth-order valence-corrected chi connectivity index (χ4v) is 3.05. The van der Waals surface area contributed by atoms with Crippen LogP contribution in [0.3, 0.4) is 0 Å². The first kappa shape index (κ1) is 18.8. The van der Waals surface area contributed by atoms with Gasteiger partial charge in [0, 0.05) is 23.2 Å². The van der Waals surface area contributed by atoms with Gasteiger partial charge in [0.1, 0.15) is 0 Å². The molecule has 3 rings (SSSR count). The molecule has 27 heavy (non-hydrogen) atoms. The van der Waals surface area contributed by atoms with Gasteiger partial charge in [0.25, 0.3) is 5.22 Å². The average Bonchev–Trinajstić information content (AvgIpc) is 3.15. The quantitative estimate of drug-likeness (QED) is 0.483. The molecular weight excluding hydrogens is 362 g/mol. The summed E-state index contributed by atoms with van der Waals surface area (Å²) in [6.45, 7) is 3.76. The van der Waals surface area contributed by atoms with Crippen LogP contribution in [0.5, 0.6) is 0 Å². The molecule has 0 saturated heterocycles. The number of Topliss-reactive ketones (excluding diaryl/α,β-unsaturated/α-hetero) is 1. The van der Waals surface area contributed by atoms with Gasteiger partial charge in [0.15, 0.2) is 5.78 Å². The summed E-state index contributed by atoms with van der Waals surface area (Å²) < 4.78 is 5.65. The standard InChI is InChI=1S/C20H19N3O3S/c1-3-18(25)21-15-10-8-14(9-11-15)17(24)12-27-20-23-22-19(26-20)16-7-5-4-6-13(16)2/h4-11H,3,12H2,1-2H3,(H,21,25). The van der Waals surface area contributed by atoms with Crippen LogP contribution in [0.2, 0.25) is 0 Å². The third-order valence-electron chi connectivity index (χ3n) is 3.92. The van der Waals surface area contributed by atoms with Crippen molar-refractivity contribution < 1.29 is 14.0 Å². The molecule has 6 nitrogen and oxygen atoms in total. The van der Waals surface area contributed by atoms with Crippen molar-refractivity contribution in [2.45, 2.75) is 25.5 Å². The molecule has 2 aromatic carbocycles. The molecule has 0 aliphatic heterocycles. The fraction of sp³-hybridized carbons (Fsp3) is 0.200. The van der Waals surface area contributed by atoms with E-state index in [9.17, 15) is 9.59 Å². The Morgan fingerprint density at radius 2 is 1.81 bits per heavy atom. The molecular formula is C20H19N3O3S. The van der Waals surface area contributed by atoms with Crippen molar-refractivity contribution in [3.05, 3.63) is 59.7 Å². The SMILES string of the molecule is CCC(=O)Nc1ccc(C(=O)CSc2nnc(-c3ccccc3C)o2)cc1. The number of hydrogen-bond acceptors (Lipinski definition) is 6. The lowest BCUT2D eigenvalue weighted by Crippen LogP contribution is -2.09. The van der Waals surface area contributed by atoms with Crippen molar-refractivity contribution in [2.75, 3.05) is 11.1 Å². The minimum atomic E-state index is -0.0644. The minimum absolute atomic E-state index is 0.0518. The summed E-state index contributed by atoms with van der Waals surface area (Å²) in [6.07, 6.45) is 0.409. The average molecular weight is 381 g/mol. The number of rotatable bonds is 7. The second-order valence-corrected chi connectivity index (χ2v) is 6.81. The Labute approximate surface area is 161 Å². The van der Waals surface area contributed by atoms with Gasteiger partial charge >= 0.3 is 0 Å². The third-order valence-corrected chi connectivity index (χ3v) is 4.74. The van der Waals surface area contributed by atoms with Crippen molar-refractivity contribution in [1.82, 2.24) is 10.2 Å². The monoisotopic (exact) mass is 381 g/mol. The fourth-order valence-electron chi connectivity index (χ4n) is 2.39. The topological polar surface area (TPSA) is 85.1 Å². The van der Waals surface area contributed by atoms with Crippen molar-refractivity contribution >= 4 is 29.1 Å². The molecule has 0 radical (unpaired) electrons. The number of thioether (sulfide) groups is 1. The number of carbonyl (C=O) groups is 2. The zero-order chi connectivity index (χ0) is 19.2. The normalized spacial score (nSPS) is 10.6. The summed E-state index contributed by atoms with van der Waals surface area (Å²) in [6, 6.07) is 14.6. The highest BCUT2D eigenvalue weighted by Crippen LogP contribution is 2.26. The van der Waals surface area contributed by atoms with Crippen LogP contribution in [0, 0.1) is 6.92 Å². The largest absolute Gasteiger partial charge is 0.411 e. The number of hydrogen-bond donors (Lipinski definition) is 1. The maximum absolute atomic E-state index is 12.3. The van der Waals surface area contributed by atoms with Crippen LogP contribution in [0.15, 0.2) is 58.2 Å². The molecule has 1 N–H and O–H groups in total. The lowest BCUT2D eigenvalue weighted by molar-refractivity contribution is -0.115. The van der Waals surface area contributed by atoms with Crippen molar-refractivity contribution in [3.63, 3.8) is 0 Å². The summed E-state index contributed by atoms with van der Waals surface area (Å²) in [5.74, 6) is 0.518. The van der Waals surface area contributed by atoms with E-state index in [4.69, 9.17) is 4.42 Å². The second-order valence-electron chi connectivity index (χ2n) is 5.88. The van der Waals surface area contributed by atoms with Crippen molar-refractivity contribution in [2.24, 2.45) is 0 Å². The highest BCUT2D eigenvalue weighted by atomic mass is 32.2. The van der Waals surface area contributed by atoms with E-state index in [2.05, 4.69) is 15.5 Å². The number of aromatic nitrogens is 2. The van der Waals surface area contributed by atoms with Gasteiger partial charge in [-0.3, -0.25) is 9.59 Å². The zero-order valence-electron chi connectivity index (χ0n) is 15.1. The van der Waals surface area contributed by atoms with Gasteiger partial charge < -0.3 is 9.73 Å².